The van der Waals surface area contributed by atoms with Crippen molar-refractivity contribution >= 4 is 5.91 Å². The Morgan fingerprint density at radius 2 is 1.90 bits per heavy atom. The summed E-state index contributed by atoms with van der Waals surface area (Å²) >= 11 is 0. The molecule has 1 saturated carbocycles. The van der Waals surface area contributed by atoms with Gasteiger partial charge in [-0.1, -0.05) is 62.8 Å². The molecule has 2 N–H and O–H groups in total. The van der Waals surface area contributed by atoms with Gasteiger partial charge < -0.3 is 15.1 Å². The molecule has 0 radical (unpaired) electrons. The lowest BCUT2D eigenvalue weighted by Gasteiger charge is -2.37. The molecule has 0 heterocycles. The molecule has 1 fully saturated rings. The summed E-state index contributed by atoms with van der Waals surface area (Å²) in [5.41, 5.74) is 0.435. The summed E-state index contributed by atoms with van der Waals surface area (Å²) < 4.78 is 0. The fourth-order valence-electron chi connectivity index (χ4n) is 4.71. The van der Waals surface area contributed by atoms with Gasteiger partial charge in [0.05, 0.1) is 18.1 Å². The maximum absolute atomic E-state index is 12.7. The molecule has 1 aliphatic rings. The van der Waals surface area contributed by atoms with E-state index in [-0.39, 0.29) is 18.2 Å². The van der Waals surface area contributed by atoms with E-state index in [1.807, 2.05) is 17.0 Å². The normalized spacial score (nSPS) is 22.5. The van der Waals surface area contributed by atoms with Crippen molar-refractivity contribution in [3.63, 3.8) is 0 Å². The maximum Gasteiger partial charge on any atom is 0.225 e. The number of unbranched alkanes of at least 4 members (excludes halogenated alkanes) is 1. The number of rotatable bonds is 13. The number of aryl methyl sites for hydroxylation is 1. The highest BCUT2D eigenvalue weighted by molar-refractivity contribution is 5.77. The molecule has 0 spiro atoms. The molecular formula is C27H43NO3. The highest BCUT2D eigenvalue weighted by Crippen LogP contribution is 2.36. The van der Waals surface area contributed by atoms with Crippen molar-refractivity contribution in [3.05, 3.63) is 48.0 Å². The molecule has 0 saturated heterocycles. The van der Waals surface area contributed by atoms with Gasteiger partial charge in [-0.15, -0.1) is 0 Å². The largest absolute Gasteiger partial charge is 0.389 e. The first-order chi connectivity index (χ1) is 15.0. The minimum absolute atomic E-state index is 0.0780. The molecule has 4 nitrogen and oxygen atoms in total. The summed E-state index contributed by atoms with van der Waals surface area (Å²) in [7, 11) is 0. The highest BCUT2D eigenvalue weighted by atomic mass is 16.3. The smallest absolute Gasteiger partial charge is 0.225 e. The third-order valence-corrected chi connectivity index (χ3v) is 6.34. The van der Waals surface area contributed by atoms with E-state index in [2.05, 4.69) is 44.2 Å². The van der Waals surface area contributed by atoms with Crippen LogP contribution in [0.4, 0.5) is 0 Å². The fraction of sp³-hybridized carbons (Fsp3) is 0.667. The number of amides is 1. The van der Waals surface area contributed by atoms with Gasteiger partial charge in [-0.25, -0.2) is 0 Å². The van der Waals surface area contributed by atoms with Crippen molar-refractivity contribution < 1.29 is 15.0 Å². The zero-order valence-electron chi connectivity index (χ0n) is 19.6. The van der Waals surface area contributed by atoms with Gasteiger partial charge in [0.25, 0.3) is 0 Å². The first-order valence-electron chi connectivity index (χ1n) is 12.4. The lowest BCUT2D eigenvalue weighted by atomic mass is 9.76. The van der Waals surface area contributed by atoms with E-state index in [1.165, 1.54) is 5.56 Å². The van der Waals surface area contributed by atoms with Gasteiger partial charge in [0.2, 0.25) is 5.91 Å². The average molecular weight is 430 g/mol. The summed E-state index contributed by atoms with van der Waals surface area (Å²) in [6, 6.07) is 10.5. The number of hydrogen-bond donors (Lipinski definition) is 2. The van der Waals surface area contributed by atoms with E-state index >= 15 is 0 Å². The number of allylic oxidation sites excluding steroid dienone is 1. The molecule has 1 aromatic rings. The van der Waals surface area contributed by atoms with Crippen molar-refractivity contribution in [2.75, 3.05) is 13.1 Å². The van der Waals surface area contributed by atoms with Crippen LogP contribution in [0.15, 0.2) is 42.5 Å². The minimum atomic E-state index is -0.912. The number of benzene rings is 1. The number of carbonyl (C=O) groups is 1. The van der Waals surface area contributed by atoms with E-state index in [1.54, 1.807) is 0 Å². The lowest BCUT2D eigenvalue weighted by Crippen LogP contribution is -2.42. The first kappa shape index (κ1) is 25.6. The Kier molecular flexibility index (Phi) is 11.3. The van der Waals surface area contributed by atoms with E-state index in [0.29, 0.717) is 12.8 Å². The van der Waals surface area contributed by atoms with Crippen molar-refractivity contribution in [1.29, 1.82) is 0 Å². The van der Waals surface area contributed by atoms with Crippen LogP contribution in [0, 0.1) is 5.92 Å². The average Bonchev–Trinajstić information content (AvgIpc) is 2.75. The lowest BCUT2D eigenvalue weighted by molar-refractivity contribution is -0.138. The molecule has 0 aromatic heterocycles. The second kappa shape index (κ2) is 13.7. The van der Waals surface area contributed by atoms with Crippen LogP contribution in [0.5, 0.6) is 0 Å². The van der Waals surface area contributed by atoms with Gasteiger partial charge in [-0.2, -0.15) is 0 Å². The van der Waals surface area contributed by atoms with Crippen LogP contribution < -0.4 is 0 Å². The first-order valence-corrected chi connectivity index (χ1v) is 12.4. The molecular weight excluding hydrogens is 386 g/mol. The van der Waals surface area contributed by atoms with Crippen LogP contribution in [-0.4, -0.2) is 45.8 Å². The zero-order chi connectivity index (χ0) is 22.5. The predicted molar refractivity (Wildman–Crippen MR) is 128 cm³/mol. The maximum atomic E-state index is 12.7. The standard InChI is InChI=1S/C27H43NO3/c1-3-19-28(20-4-2)26(30)22-27(31)18-10-14-24(21-27)16-17-25(29)15-9-8-13-23-11-6-5-7-12-23/h5-7,11-12,16-17,24-25,29,31H,3-4,8-10,13-15,18-22H2,1-2H3/b17-16+/t24-,25?,27-/m1/s1. The molecule has 2 rings (SSSR count). The van der Waals surface area contributed by atoms with Gasteiger partial charge in [0.1, 0.15) is 0 Å². The van der Waals surface area contributed by atoms with E-state index in [9.17, 15) is 15.0 Å². The van der Waals surface area contributed by atoms with E-state index in [4.69, 9.17) is 0 Å². The molecule has 0 aliphatic heterocycles. The van der Waals surface area contributed by atoms with Crippen molar-refractivity contribution in [1.82, 2.24) is 4.90 Å². The molecule has 4 heteroatoms. The van der Waals surface area contributed by atoms with Crippen molar-refractivity contribution in [3.8, 4) is 0 Å². The molecule has 1 aliphatic carbocycles. The predicted octanol–water partition coefficient (Wildman–Crippen LogP) is 5.28. The van der Waals surface area contributed by atoms with Crippen LogP contribution in [0.2, 0.25) is 0 Å². The molecule has 1 amide bonds. The summed E-state index contributed by atoms with van der Waals surface area (Å²) in [6.07, 6.45) is 12.8. The van der Waals surface area contributed by atoms with Gasteiger partial charge in [0.15, 0.2) is 0 Å². The van der Waals surface area contributed by atoms with Gasteiger partial charge in [-0.3, -0.25) is 4.79 Å². The Labute approximate surface area is 189 Å². The Balaban J connectivity index is 1.75. The quantitative estimate of drug-likeness (QED) is 0.331. The minimum Gasteiger partial charge on any atom is -0.389 e. The molecule has 0 bridgehead atoms. The van der Waals surface area contributed by atoms with Gasteiger partial charge in [-0.05, 0) is 69.3 Å². The summed E-state index contributed by atoms with van der Waals surface area (Å²) in [6.45, 7) is 5.70. The van der Waals surface area contributed by atoms with Gasteiger partial charge >= 0.3 is 0 Å². The van der Waals surface area contributed by atoms with E-state index < -0.39 is 11.7 Å². The summed E-state index contributed by atoms with van der Waals surface area (Å²) in [5.74, 6) is 0.311. The number of aliphatic hydroxyl groups is 2. The molecule has 1 unspecified atom stereocenters. The second-order valence-electron chi connectivity index (χ2n) is 9.32. The Morgan fingerprint density at radius 3 is 2.58 bits per heavy atom. The third-order valence-electron chi connectivity index (χ3n) is 6.34. The second-order valence-corrected chi connectivity index (χ2v) is 9.32. The van der Waals surface area contributed by atoms with Crippen LogP contribution >= 0.6 is 0 Å². The zero-order valence-corrected chi connectivity index (χ0v) is 19.6. The van der Waals surface area contributed by atoms with Crippen LogP contribution in [0.25, 0.3) is 0 Å². The molecule has 174 valence electrons. The Morgan fingerprint density at radius 1 is 1.19 bits per heavy atom. The van der Waals surface area contributed by atoms with Gasteiger partial charge in [0, 0.05) is 13.1 Å². The highest BCUT2D eigenvalue weighted by Gasteiger charge is 2.36. The Bertz CT molecular complexity index is 654. The molecule has 31 heavy (non-hydrogen) atoms. The van der Waals surface area contributed by atoms with E-state index in [0.717, 1.165) is 64.5 Å². The van der Waals surface area contributed by atoms with Crippen molar-refractivity contribution in [2.24, 2.45) is 5.92 Å². The Hall–Kier alpha value is -1.65. The number of carbonyl (C=O) groups excluding carboxylic acids is 1. The summed E-state index contributed by atoms with van der Waals surface area (Å²) in [4.78, 5) is 14.6. The monoisotopic (exact) mass is 429 g/mol. The molecule has 1 aromatic carbocycles. The topological polar surface area (TPSA) is 60.8 Å². The number of hydrogen-bond acceptors (Lipinski definition) is 3. The summed E-state index contributed by atoms with van der Waals surface area (Å²) in [5, 5.41) is 21.4. The SMILES string of the molecule is CCCN(CCC)C(=O)C[C@@]1(O)CCC[C@H](/C=C/C(O)CCCCc2ccccc2)C1. The number of nitrogens with zero attached hydrogens (tertiary/aromatic N) is 1. The molecule has 3 atom stereocenters. The third kappa shape index (κ3) is 9.57. The van der Waals surface area contributed by atoms with Crippen LogP contribution in [0.1, 0.15) is 83.6 Å². The van der Waals surface area contributed by atoms with Crippen LogP contribution in [0.3, 0.4) is 0 Å². The fourth-order valence-corrected chi connectivity index (χ4v) is 4.71. The van der Waals surface area contributed by atoms with Crippen molar-refractivity contribution in [2.45, 2.75) is 96.2 Å². The van der Waals surface area contributed by atoms with Crippen LogP contribution in [-0.2, 0) is 11.2 Å². The number of aliphatic hydroxyl groups excluding tert-OH is 1.